The van der Waals surface area contributed by atoms with Gasteiger partial charge in [0.1, 0.15) is 29.7 Å². The fourth-order valence-electron chi connectivity index (χ4n) is 19.3. The van der Waals surface area contributed by atoms with Gasteiger partial charge in [-0.3, -0.25) is 58.3 Å². The lowest BCUT2D eigenvalue weighted by molar-refractivity contribution is -0.119. The van der Waals surface area contributed by atoms with Gasteiger partial charge in [0.25, 0.3) is 0 Å². The predicted octanol–water partition coefficient (Wildman–Crippen LogP) is 19.4. The average Bonchev–Trinajstić information content (AvgIpc) is 1.61. The number of carbonyl (C=O) groups is 6. The number of pyridine rings is 4. The lowest BCUT2D eigenvalue weighted by Crippen LogP contribution is -2.39. The van der Waals surface area contributed by atoms with Crippen molar-refractivity contribution in [2.24, 2.45) is 0 Å². The summed E-state index contributed by atoms with van der Waals surface area (Å²) in [7, 11) is -4.94. The van der Waals surface area contributed by atoms with Crippen LogP contribution >= 0.6 is 0 Å². The molecule has 2 N–H and O–H groups in total. The Kier molecular flexibility index (Phi) is 38.3. The van der Waals surface area contributed by atoms with E-state index in [2.05, 4.69) is 48.9 Å². The Morgan fingerprint density at radius 1 is 0.414 bits per heavy atom. The van der Waals surface area contributed by atoms with Gasteiger partial charge >= 0.3 is 0 Å². The first kappa shape index (κ1) is 109. The van der Waals surface area contributed by atoms with E-state index < -0.39 is 19.7 Å². The molecule has 0 bridgehead atoms. The minimum Gasteiger partial charge on any atom is -0.492 e. The molecule has 12 heterocycles. The third-order valence-corrected chi connectivity index (χ3v) is 29.8. The van der Waals surface area contributed by atoms with Crippen molar-refractivity contribution in [3.05, 3.63) is 270 Å². The number of aromatic nitrogens is 8. The van der Waals surface area contributed by atoms with Gasteiger partial charge in [0.05, 0.1) is 168 Å². The number of aryl methyl sites for hydroxylation is 2. The summed E-state index contributed by atoms with van der Waals surface area (Å²) in [4.78, 5) is 120. The van der Waals surface area contributed by atoms with Crippen molar-refractivity contribution in [3.63, 3.8) is 0 Å². The number of Topliss-reactive ketones (excluding diaryl/α,β-unsaturated/α-hetero) is 6. The molecule has 0 aliphatic carbocycles. The third kappa shape index (κ3) is 28.3. The number of carbonyl (C=O) groups excluding carboxylic acids is 6. The smallest absolute Gasteiger partial charge is 0.187 e. The second-order valence-corrected chi connectivity index (χ2v) is 41.5. The van der Waals surface area contributed by atoms with Crippen molar-refractivity contribution < 1.29 is 70.0 Å². The fourth-order valence-corrected chi connectivity index (χ4v) is 21.8. The fraction of sp³-hybridized carbons (Fsp3) is 0.411. The quantitative estimate of drug-likeness (QED) is 0.0206. The number of aliphatic hydroxyl groups excluding tert-OH is 2. The first-order valence-electron chi connectivity index (χ1n) is 49.7. The van der Waals surface area contributed by atoms with Crippen molar-refractivity contribution in [2.75, 3.05) is 117 Å². The number of aliphatic hydroxyl groups is 2. The number of methoxy groups -OCH3 is 1. The molecule has 145 heavy (non-hydrogen) atoms. The summed E-state index contributed by atoms with van der Waals surface area (Å²) in [6.45, 7) is 52.9. The molecule has 16 rings (SSSR count). The van der Waals surface area contributed by atoms with E-state index in [0.29, 0.717) is 196 Å². The number of ether oxygens (including phenoxy) is 3. The molecule has 4 saturated heterocycles. The lowest BCUT2D eigenvalue weighted by atomic mass is 10.0. The third-order valence-electron chi connectivity index (χ3n) is 26.6. The molecule has 0 spiro atoms. The van der Waals surface area contributed by atoms with E-state index in [1.54, 1.807) is 101 Å². The summed E-state index contributed by atoms with van der Waals surface area (Å²) < 4.78 is 72.3. The van der Waals surface area contributed by atoms with Crippen LogP contribution in [0.4, 0.5) is 22.7 Å². The Labute approximate surface area is 848 Å². The molecule has 4 aromatic carbocycles. The monoisotopic (exact) mass is 2000 g/mol. The van der Waals surface area contributed by atoms with Gasteiger partial charge in [0.15, 0.2) is 65.6 Å². The van der Waals surface area contributed by atoms with Gasteiger partial charge < -0.3 is 42.7 Å². The van der Waals surface area contributed by atoms with Crippen LogP contribution in [-0.2, 0) is 46.8 Å². The maximum absolute atomic E-state index is 13.6. The second kappa shape index (κ2) is 51.2. The molecule has 4 aliphatic rings. The van der Waals surface area contributed by atoms with Crippen LogP contribution in [0.5, 0.6) is 11.5 Å². The summed E-state index contributed by atoms with van der Waals surface area (Å²) in [5, 5.41) is 22.0. The Hall–Kier alpha value is -13.7. The number of rotatable bonds is 38. The number of hydrogen-bond acceptors (Lipinski definition) is 23. The van der Waals surface area contributed by atoms with Crippen molar-refractivity contribution in [2.45, 2.75) is 183 Å². The molecule has 0 amide bonds. The van der Waals surface area contributed by atoms with Crippen LogP contribution < -0.4 is 9.47 Å². The van der Waals surface area contributed by atoms with E-state index in [-0.39, 0.29) is 90.6 Å². The zero-order chi connectivity index (χ0) is 104. The number of allylic oxidation sites excluding steroid dienone is 2. The van der Waals surface area contributed by atoms with Gasteiger partial charge in [-0.25, -0.2) is 46.2 Å². The van der Waals surface area contributed by atoms with Crippen molar-refractivity contribution in [1.82, 2.24) is 57.8 Å². The highest BCUT2D eigenvalue weighted by Crippen LogP contribution is 2.38. The minimum absolute atomic E-state index is 0.00553. The highest BCUT2D eigenvalue weighted by atomic mass is 32.2. The number of likely N-dealkylation sites (tertiary alicyclic amines) is 4. The molecule has 8 aromatic heterocycles. The molecule has 0 unspecified atom stereocenters. The van der Waals surface area contributed by atoms with Gasteiger partial charge in [0, 0.05) is 140 Å². The van der Waals surface area contributed by atoms with Crippen LogP contribution in [-0.4, -0.2) is 249 Å². The second-order valence-electron chi connectivity index (χ2n) is 37.5. The number of nitrogens with zero attached hydrogens (tertiary/aromatic N) is 16. The van der Waals surface area contributed by atoms with E-state index in [4.69, 9.17) is 50.5 Å². The van der Waals surface area contributed by atoms with Gasteiger partial charge in [-0.15, -0.1) is 0 Å². The molecule has 33 heteroatoms. The minimum atomic E-state index is -3.30. The van der Waals surface area contributed by atoms with Crippen molar-refractivity contribution >= 4 is 121 Å². The zero-order valence-electron chi connectivity index (χ0n) is 84.2. The van der Waals surface area contributed by atoms with Crippen LogP contribution in [0, 0.1) is 54.0 Å². The van der Waals surface area contributed by atoms with Crippen LogP contribution in [0.1, 0.15) is 206 Å². The number of ketones is 6. The highest BCUT2D eigenvalue weighted by molar-refractivity contribution is 7.94. The summed E-state index contributed by atoms with van der Waals surface area (Å²) >= 11 is 0. The molecule has 4 aliphatic heterocycles. The molecule has 0 saturated carbocycles. The molecular weight excluding hydrogens is 1870 g/mol. The summed E-state index contributed by atoms with van der Waals surface area (Å²) in [5.41, 5.74) is 19.4. The van der Waals surface area contributed by atoms with E-state index >= 15 is 0 Å². The maximum atomic E-state index is 13.6. The van der Waals surface area contributed by atoms with Gasteiger partial charge in [0.2, 0.25) is 0 Å². The van der Waals surface area contributed by atoms with Crippen LogP contribution in [0.15, 0.2) is 169 Å². The number of benzene rings is 4. The van der Waals surface area contributed by atoms with E-state index in [1.165, 1.54) is 29.7 Å². The molecular formula is C112H128N16O15S2. The maximum Gasteiger partial charge on any atom is 0.187 e. The standard InChI is InChI=1S/C32H38N4O4S.C31H36N4O4S.C25H28N4O4.C24H26N4O3/c1-23(2)22-41(39,40)18-8-9-28(37)15-10-25-19-29-32(34-20-25)31(30(38)21-35-16-6-5-7-17-35)24(3)36(29)27-13-11-26(33-4)12-14-27;1-4-18-40(38,39)19-8-9-27(36)15-10-24-20-28-31(33-21-24)30(29(37)22-34-16-6-5-7-17-34)23(2)35(28)26-13-11-25(32-3)12-14-26;1-17-24(23(31)16-28-10-8-20(30)9-11-28)25-22(14-21(15-27-25)33-13-12-32-3)29(17)19-6-4-18(26-2)5-7-19;1-4-31-20-13-21-24(26-14-20)23(22(30)15-27-11-9-19(29)10-12-27)16(2)28(21)18-7-5-17(25-3)6-8-18/h11-14,19-20,22H,5-10,15-18,21H2,1-3H3;4,11-14,18,20-21H,5-10,15-17,19,22H2,1-2H3;4-7,14-15,20,30H,8-13,16H2,1,3H3;5-8,13-14,19,29H,4,9-12,15H2,1-2H3/b;18-4+;;. The predicted molar refractivity (Wildman–Crippen MR) is 565 cm³/mol. The molecule has 12 aromatic rings. The number of piperidine rings is 4. The first-order valence-corrected chi connectivity index (χ1v) is 53.1. The largest absolute Gasteiger partial charge is 0.492 e. The highest BCUT2D eigenvalue weighted by Gasteiger charge is 2.32. The summed E-state index contributed by atoms with van der Waals surface area (Å²) in [6.07, 6.45) is 19.8. The zero-order valence-corrected chi connectivity index (χ0v) is 85.8. The van der Waals surface area contributed by atoms with Gasteiger partial charge in [-0.2, -0.15) is 0 Å². The van der Waals surface area contributed by atoms with Crippen molar-refractivity contribution in [1.29, 1.82) is 0 Å². The Balaban J connectivity index is 0.000000163. The number of sulfone groups is 2. The van der Waals surface area contributed by atoms with Gasteiger partial charge in [-0.1, -0.05) is 73.0 Å². The topological polar surface area (TPSA) is 341 Å². The lowest BCUT2D eigenvalue weighted by Gasteiger charge is -2.28. The molecule has 31 nitrogen and oxygen atoms in total. The van der Waals surface area contributed by atoms with Crippen LogP contribution in [0.3, 0.4) is 0 Å². The Morgan fingerprint density at radius 2 is 0.717 bits per heavy atom. The SMILES string of the molecule is [C-]#[N+]c1ccc(-n2c(C)c(C(=O)CN3CCC(O)CC3)c3ncc(OCC)cc32)cc1.[C-]#[N+]c1ccc(-n2c(C)c(C(=O)CN3CCC(O)CC3)c3ncc(OCCOC)cc32)cc1.[C-]#[N+]c1ccc(-n2c(C)c(C(=O)CN3CCCCC3)c3ncc(CCC(=O)CCCS(=O)(=O)/C=C/C)cc32)cc1.[C-]#[N+]c1ccc(-n2c(C)c(C(=O)CN3CCCCC3)c3ncc(CCC(=O)CCCS(=O)(=O)C=C(C)C)cc32)cc1. The van der Waals surface area contributed by atoms with E-state index in [9.17, 15) is 55.8 Å². The first-order chi connectivity index (χ1) is 69.8. The molecule has 758 valence electrons. The van der Waals surface area contributed by atoms with Crippen LogP contribution in [0.2, 0.25) is 0 Å². The molecule has 0 atom stereocenters. The van der Waals surface area contributed by atoms with E-state index in [0.717, 1.165) is 136 Å². The summed E-state index contributed by atoms with van der Waals surface area (Å²) in [5.74, 6) is 1.31. The Bertz CT molecular complexity index is 7160. The summed E-state index contributed by atoms with van der Waals surface area (Å²) in [6, 6.07) is 36.9. The van der Waals surface area contributed by atoms with Gasteiger partial charge in [-0.05, 0) is 230 Å². The normalized spacial score (nSPS) is 14.6. The van der Waals surface area contributed by atoms with Crippen LogP contribution in [0.25, 0.3) is 86.3 Å². The average molecular weight is 2000 g/mol. The molecule has 0 radical (unpaired) electrons. The van der Waals surface area contributed by atoms with Crippen molar-refractivity contribution in [3.8, 4) is 34.2 Å². The number of fused-ring (bicyclic) bond motifs is 4. The molecule has 4 fully saturated rings. The number of hydrogen-bond donors (Lipinski definition) is 2. The van der Waals surface area contributed by atoms with E-state index in [1.807, 2.05) is 126 Å². The Morgan fingerprint density at radius 3 is 1.02 bits per heavy atom.